The first-order chi connectivity index (χ1) is 7.99. The molecular weight excluding hydrogens is 230 g/mol. The number of amides is 2. The van der Waals surface area contributed by atoms with Gasteiger partial charge in [-0.05, 0) is 13.0 Å². The van der Waals surface area contributed by atoms with Gasteiger partial charge >= 0.3 is 6.03 Å². The van der Waals surface area contributed by atoms with Gasteiger partial charge in [0.2, 0.25) is 0 Å². The SMILES string of the molecule is Cc1c(CNC(N)=O)oc2c(F)cc(F)cc12. The number of benzene rings is 1. The summed E-state index contributed by atoms with van der Waals surface area (Å²) in [7, 11) is 0. The maximum Gasteiger partial charge on any atom is 0.312 e. The van der Waals surface area contributed by atoms with Crippen LogP contribution in [0.1, 0.15) is 11.3 Å². The van der Waals surface area contributed by atoms with Crippen molar-refractivity contribution in [3.63, 3.8) is 0 Å². The molecule has 0 saturated carbocycles. The van der Waals surface area contributed by atoms with Gasteiger partial charge in [0.25, 0.3) is 0 Å². The fourth-order valence-corrected chi connectivity index (χ4v) is 1.63. The smallest absolute Gasteiger partial charge is 0.312 e. The molecule has 0 unspecified atom stereocenters. The Labute approximate surface area is 95.4 Å². The van der Waals surface area contributed by atoms with Gasteiger partial charge in [-0.15, -0.1) is 0 Å². The molecule has 6 heteroatoms. The summed E-state index contributed by atoms with van der Waals surface area (Å²) in [5.74, 6) is -1.09. The summed E-state index contributed by atoms with van der Waals surface area (Å²) in [6, 6.07) is 1.22. The zero-order valence-corrected chi connectivity index (χ0v) is 9.01. The molecule has 2 amide bonds. The summed E-state index contributed by atoms with van der Waals surface area (Å²) >= 11 is 0. The Morgan fingerprint density at radius 1 is 1.47 bits per heavy atom. The largest absolute Gasteiger partial charge is 0.456 e. The number of rotatable bonds is 2. The van der Waals surface area contributed by atoms with Crippen LogP contribution in [0.2, 0.25) is 0 Å². The van der Waals surface area contributed by atoms with E-state index in [-0.39, 0.29) is 12.1 Å². The van der Waals surface area contributed by atoms with E-state index >= 15 is 0 Å². The molecule has 2 rings (SSSR count). The summed E-state index contributed by atoms with van der Waals surface area (Å²) in [6.45, 7) is 1.69. The van der Waals surface area contributed by atoms with E-state index < -0.39 is 17.7 Å². The molecule has 3 N–H and O–H groups in total. The maximum absolute atomic E-state index is 13.4. The first-order valence-electron chi connectivity index (χ1n) is 4.89. The second kappa shape index (κ2) is 4.04. The lowest BCUT2D eigenvalue weighted by atomic mass is 10.1. The lowest BCUT2D eigenvalue weighted by Crippen LogP contribution is -2.28. The number of urea groups is 1. The monoisotopic (exact) mass is 240 g/mol. The van der Waals surface area contributed by atoms with Crippen molar-refractivity contribution in [1.29, 1.82) is 0 Å². The molecule has 0 aliphatic rings. The van der Waals surface area contributed by atoms with Gasteiger partial charge in [0, 0.05) is 17.0 Å². The van der Waals surface area contributed by atoms with E-state index in [2.05, 4.69) is 5.32 Å². The number of nitrogens with one attached hydrogen (secondary N) is 1. The average Bonchev–Trinajstić information content (AvgIpc) is 2.54. The van der Waals surface area contributed by atoms with Crippen molar-refractivity contribution < 1.29 is 18.0 Å². The summed E-state index contributed by atoms with van der Waals surface area (Å²) in [4.78, 5) is 10.6. The minimum absolute atomic E-state index is 0.0230. The molecule has 0 aliphatic carbocycles. The van der Waals surface area contributed by atoms with E-state index in [1.807, 2.05) is 0 Å². The molecule has 4 nitrogen and oxygen atoms in total. The molecular formula is C11H10F2N2O2. The van der Waals surface area contributed by atoms with E-state index in [1.54, 1.807) is 6.92 Å². The van der Waals surface area contributed by atoms with Crippen molar-refractivity contribution in [3.05, 3.63) is 35.1 Å². The van der Waals surface area contributed by atoms with Gasteiger partial charge in [-0.25, -0.2) is 13.6 Å². The number of furan rings is 1. The number of fused-ring (bicyclic) bond motifs is 1. The summed E-state index contributed by atoms with van der Waals surface area (Å²) < 4.78 is 31.6. The van der Waals surface area contributed by atoms with Crippen LogP contribution in [-0.4, -0.2) is 6.03 Å². The molecule has 0 saturated heterocycles. The Bertz CT molecular complexity index is 593. The first kappa shape index (κ1) is 11.4. The molecule has 1 heterocycles. The van der Waals surface area contributed by atoms with Crippen molar-refractivity contribution in [2.24, 2.45) is 5.73 Å². The predicted molar refractivity (Wildman–Crippen MR) is 57.3 cm³/mol. The molecule has 17 heavy (non-hydrogen) atoms. The van der Waals surface area contributed by atoms with Crippen LogP contribution in [0.15, 0.2) is 16.5 Å². The molecule has 0 fully saturated rings. The molecule has 0 aliphatic heterocycles. The summed E-state index contributed by atoms with van der Waals surface area (Å²) in [6.07, 6.45) is 0. The number of halogens is 2. The molecule has 0 bridgehead atoms. The van der Waals surface area contributed by atoms with Crippen LogP contribution in [-0.2, 0) is 6.54 Å². The van der Waals surface area contributed by atoms with E-state index in [1.165, 1.54) is 6.07 Å². The lowest BCUT2D eigenvalue weighted by molar-refractivity contribution is 0.247. The van der Waals surface area contributed by atoms with Crippen molar-refractivity contribution in [2.75, 3.05) is 0 Å². The molecule has 90 valence electrons. The van der Waals surface area contributed by atoms with Gasteiger partial charge in [-0.1, -0.05) is 0 Å². The van der Waals surface area contributed by atoms with Crippen LogP contribution >= 0.6 is 0 Å². The standard InChI is InChI=1S/C11H10F2N2O2/c1-5-7-2-6(12)3-8(13)10(7)17-9(5)4-15-11(14)16/h2-3H,4H2,1H3,(H3,14,15,16). The van der Waals surface area contributed by atoms with Gasteiger partial charge in [0.15, 0.2) is 11.4 Å². The zero-order chi connectivity index (χ0) is 12.6. The van der Waals surface area contributed by atoms with E-state index in [4.69, 9.17) is 10.2 Å². The minimum atomic E-state index is -0.770. The number of carbonyl (C=O) groups excluding carboxylic acids is 1. The Morgan fingerprint density at radius 2 is 2.18 bits per heavy atom. The van der Waals surface area contributed by atoms with Gasteiger partial charge in [-0.2, -0.15) is 0 Å². The van der Waals surface area contributed by atoms with Crippen LogP contribution < -0.4 is 11.1 Å². The molecule has 0 spiro atoms. The topological polar surface area (TPSA) is 68.3 Å². The predicted octanol–water partition coefficient (Wildman–Crippen LogP) is 2.19. The lowest BCUT2D eigenvalue weighted by Gasteiger charge is -1.98. The number of primary amides is 1. The van der Waals surface area contributed by atoms with Crippen LogP contribution in [0.25, 0.3) is 11.0 Å². The highest BCUT2D eigenvalue weighted by atomic mass is 19.1. The van der Waals surface area contributed by atoms with Gasteiger partial charge in [0.1, 0.15) is 11.6 Å². The summed E-state index contributed by atoms with van der Waals surface area (Å²) in [5, 5.41) is 2.68. The normalized spacial score (nSPS) is 10.8. The highest BCUT2D eigenvalue weighted by molar-refractivity contribution is 5.82. The fourth-order valence-electron chi connectivity index (χ4n) is 1.63. The Kier molecular flexibility index (Phi) is 2.71. The highest BCUT2D eigenvalue weighted by Crippen LogP contribution is 2.28. The van der Waals surface area contributed by atoms with Crippen molar-refractivity contribution in [3.8, 4) is 0 Å². The molecule has 0 atom stereocenters. The number of hydrogen-bond donors (Lipinski definition) is 2. The van der Waals surface area contributed by atoms with Gasteiger partial charge < -0.3 is 15.5 Å². The average molecular weight is 240 g/mol. The highest BCUT2D eigenvalue weighted by Gasteiger charge is 2.15. The molecule has 2 aromatic rings. The third kappa shape index (κ3) is 2.06. The van der Waals surface area contributed by atoms with E-state index in [9.17, 15) is 13.6 Å². The Hall–Kier alpha value is -2.11. The Balaban J connectivity index is 2.49. The van der Waals surface area contributed by atoms with E-state index in [0.717, 1.165) is 6.07 Å². The second-order valence-electron chi connectivity index (χ2n) is 3.63. The number of aryl methyl sites for hydroxylation is 1. The molecule has 0 radical (unpaired) electrons. The third-order valence-corrected chi connectivity index (χ3v) is 2.48. The third-order valence-electron chi connectivity index (χ3n) is 2.48. The second-order valence-corrected chi connectivity index (χ2v) is 3.63. The maximum atomic E-state index is 13.4. The summed E-state index contributed by atoms with van der Waals surface area (Å²) in [5.41, 5.74) is 5.47. The number of carbonyl (C=O) groups is 1. The van der Waals surface area contributed by atoms with Crippen LogP contribution in [0.4, 0.5) is 13.6 Å². The fraction of sp³-hybridized carbons (Fsp3) is 0.182. The number of hydrogen-bond acceptors (Lipinski definition) is 2. The van der Waals surface area contributed by atoms with E-state index in [0.29, 0.717) is 16.7 Å². The van der Waals surface area contributed by atoms with Crippen molar-refractivity contribution in [2.45, 2.75) is 13.5 Å². The quantitative estimate of drug-likeness (QED) is 0.844. The zero-order valence-electron chi connectivity index (χ0n) is 9.01. The molecule has 1 aromatic heterocycles. The number of nitrogens with two attached hydrogens (primary N) is 1. The van der Waals surface area contributed by atoms with Gasteiger partial charge in [-0.3, -0.25) is 0 Å². The minimum Gasteiger partial charge on any atom is -0.456 e. The van der Waals surface area contributed by atoms with Crippen molar-refractivity contribution in [1.82, 2.24) is 5.32 Å². The van der Waals surface area contributed by atoms with Crippen LogP contribution in [0.5, 0.6) is 0 Å². The van der Waals surface area contributed by atoms with Crippen LogP contribution in [0.3, 0.4) is 0 Å². The van der Waals surface area contributed by atoms with Crippen LogP contribution in [0, 0.1) is 18.6 Å². The first-order valence-corrected chi connectivity index (χ1v) is 4.89. The van der Waals surface area contributed by atoms with Crippen molar-refractivity contribution >= 4 is 17.0 Å². The molecule has 1 aromatic carbocycles. The Morgan fingerprint density at radius 3 is 2.82 bits per heavy atom. The van der Waals surface area contributed by atoms with Gasteiger partial charge in [0.05, 0.1) is 6.54 Å².